The van der Waals surface area contributed by atoms with Gasteiger partial charge in [0.1, 0.15) is 12.4 Å². The molecule has 210 valence electrons. The largest absolute Gasteiger partial charge is 0.488 e. The van der Waals surface area contributed by atoms with Crippen LogP contribution in [0.25, 0.3) is 10.8 Å². The van der Waals surface area contributed by atoms with Gasteiger partial charge >= 0.3 is 6.09 Å². The molecule has 0 radical (unpaired) electrons. The van der Waals surface area contributed by atoms with Crippen LogP contribution < -0.4 is 15.5 Å². The van der Waals surface area contributed by atoms with Gasteiger partial charge in [0.2, 0.25) is 5.91 Å². The van der Waals surface area contributed by atoms with Crippen molar-refractivity contribution in [3.63, 3.8) is 0 Å². The summed E-state index contributed by atoms with van der Waals surface area (Å²) < 4.78 is 11.5. The summed E-state index contributed by atoms with van der Waals surface area (Å²) in [6.45, 7) is 1.38. The number of carbonyl (C=O) groups excluding carboxylic acids is 2. The molecule has 2 unspecified atom stereocenters. The molecule has 3 N–H and O–H groups in total. The fourth-order valence-corrected chi connectivity index (χ4v) is 4.72. The van der Waals surface area contributed by atoms with Crippen molar-refractivity contribution in [3.05, 3.63) is 54.1 Å². The topological polar surface area (TPSA) is 126 Å². The van der Waals surface area contributed by atoms with Gasteiger partial charge in [0.05, 0.1) is 5.57 Å². The monoisotopic (exact) mass is 539 g/mol. The van der Waals surface area contributed by atoms with Crippen LogP contribution in [-0.4, -0.2) is 66.5 Å². The van der Waals surface area contributed by atoms with Crippen molar-refractivity contribution in [2.75, 3.05) is 26.3 Å². The Kier molecular flexibility index (Phi) is 10.6. The number of allylic oxidation sites excluding steroid dienone is 1. The smallest absolute Gasteiger partial charge is 0.407 e. The van der Waals surface area contributed by atoms with Gasteiger partial charge in [-0.15, -0.1) is 0 Å². The Balaban J connectivity index is 1.30. The minimum absolute atomic E-state index is 0.0743. The summed E-state index contributed by atoms with van der Waals surface area (Å²) in [5.41, 5.74) is 2.94. The molecule has 2 atom stereocenters. The molecular formula is C29H37N3O7. The van der Waals surface area contributed by atoms with Crippen LogP contribution in [0.1, 0.15) is 51.4 Å². The average molecular weight is 540 g/mol. The van der Waals surface area contributed by atoms with Crippen LogP contribution in [0, 0.1) is 0 Å². The van der Waals surface area contributed by atoms with Gasteiger partial charge in [0, 0.05) is 44.0 Å². The van der Waals surface area contributed by atoms with Crippen LogP contribution in [0.3, 0.4) is 0 Å². The van der Waals surface area contributed by atoms with Crippen LogP contribution >= 0.6 is 0 Å². The number of rotatable bonds is 12. The van der Waals surface area contributed by atoms with E-state index >= 15 is 0 Å². The van der Waals surface area contributed by atoms with Crippen LogP contribution in [-0.2, 0) is 19.2 Å². The molecule has 0 aromatic heterocycles. The second kappa shape index (κ2) is 14.5. The van der Waals surface area contributed by atoms with E-state index in [9.17, 15) is 19.5 Å². The quantitative estimate of drug-likeness (QED) is 0.210. The molecule has 10 heteroatoms. The number of hydrogen-bond donors (Lipinski definition) is 3. The minimum atomic E-state index is -0.984. The third-order valence-corrected chi connectivity index (χ3v) is 6.91. The number of hydroxylamine groups is 1. The summed E-state index contributed by atoms with van der Waals surface area (Å²) >= 11 is 0. The molecule has 2 heterocycles. The Labute approximate surface area is 228 Å². The van der Waals surface area contributed by atoms with Gasteiger partial charge in [-0.3, -0.25) is 9.59 Å². The highest BCUT2D eigenvalue weighted by Gasteiger charge is 2.27. The number of nitrogens with zero attached hydrogens (tertiary/aromatic N) is 1. The number of hydrogen-bond acceptors (Lipinski definition) is 6. The Hall–Kier alpha value is -3.63. The number of ether oxygens (including phenoxy) is 2. The van der Waals surface area contributed by atoms with Gasteiger partial charge in [0.25, 0.3) is 5.91 Å². The molecule has 4 rings (SSSR count). The van der Waals surface area contributed by atoms with E-state index in [1.807, 2.05) is 48.5 Å². The minimum Gasteiger partial charge on any atom is -0.488 e. The number of benzene rings is 2. The van der Waals surface area contributed by atoms with Crippen LogP contribution in [0.4, 0.5) is 4.79 Å². The maximum Gasteiger partial charge on any atom is 0.407 e. The zero-order valence-electron chi connectivity index (χ0n) is 22.1. The number of carbonyl (C=O) groups is 3. The first-order valence-corrected chi connectivity index (χ1v) is 13.6. The lowest BCUT2D eigenvalue weighted by Gasteiger charge is -2.22. The molecule has 2 aliphatic heterocycles. The van der Waals surface area contributed by atoms with Gasteiger partial charge in [0.15, 0.2) is 6.29 Å². The van der Waals surface area contributed by atoms with E-state index in [-0.39, 0.29) is 37.3 Å². The first-order chi connectivity index (χ1) is 19.0. The van der Waals surface area contributed by atoms with E-state index in [1.165, 1.54) is 4.90 Å². The molecular weight excluding hydrogens is 502 g/mol. The van der Waals surface area contributed by atoms with Gasteiger partial charge in [-0.1, -0.05) is 42.5 Å². The van der Waals surface area contributed by atoms with E-state index in [4.69, 9.17) is 14.3 Å². The number of nitrogens with one attached hydrogen (secondary N) is 2. The van der Waals surface area contributed by atoms with Crippen molar-refractivity contribution in [2.45, 2.75) is 63.7 Å². The fraction of sp³-hybridized carbons (Fsp3) is 0.483. The molecule has 0 saturated carbocycles. The molecule has 2 aromatic carbocycles. The number of likely N-dealkylation sites (tertiary alicyclic amines) is 1. The summed E-state index contributed by atoms with van der Waals surface area (Å²) in [5.74, 6) is 0.212. The predicted molar refractivity (Wildman–Crippen MR) is 145 cm³/mol. The Morgan fingerprint density at radius 2 is 1.92 bits per heavy atom. The van der Waals surface area contributed by atoms with Crippen LogP contribution in [0.15, 0.2) is 54.1 Å². The van der Waals surface area contributed by atoms with E-state index < -0.39 is 6.09 Å². The maximum absolute atomic E-state index is 13.2. The number of fused-ring (bicyclic) bond motifs is 1. The normalized spacial score (nSPS) is 19.6. The fourth-order valence-electron chi connectivity index (χ4n) is 4.72. The van der Waals surface area contributed by atoms with Crippen molar-refractivity contribution >= 4 is 28.7 Å². The third-order valence-electron chi connectivity index (χ3n) is 6.91. The van der Waals surface area contributed by atoms with Crippen molar-refractivity contribution in [2.24, 2.45) is 0 Å². The molecule has 0 spiro atoms. The SMILES string of the molecule is O=C(CCCC/C=C(\COc1cccc2ccccc12)C(=O)NC1CCN(C(=O)O)C1)NOC1CCCCO1. The van der Waals surface area contributed by atoms with E-state index in [0.29, 0.717) is 56.6 Å². The van der Waals surface area contributed by atoms with Gasteiger partial charge < -0.3 is 24.8 Å². The lowest BCUT2D eigenvalue weighted by Crippen LogP contribution is -2.39. The summed E-state index contributed by atoms with van der Waals surface area (Å²) in [6.07, 6.45) is 6.08. The number of carboxylic acid groups (broad SMARTS) is 1. The second-order valence-corrected chi connectivity index (χ2v) is 9.87. The molecule has 0 bridgehead atoms. The standard InChI is InChI=1S/C29H37N3O7/c33-26(31-39-27-15-6-7-18-37-27)14-3-1-2-10-22(28(34)30-23-16-17-32(19-23)29(35)36)20-38-25-13-8-11-21-9-4-5-12-24(21)25/h4-5,8-13,23,27H,1-3,6-7,14-20H2,(H,30,34)(H,31,33)(H,35,36)/b22-10+. The van der Waals surface area contributed by atoms with E-state index in [1.54, 1.807) is 0 Å². The summed E-state index contributed by atoms with van der Waals surface area (Å²) in [7, 11) is 0. The third kappa shape index (κ3) is 8.69. The summed E-state index contributed by atoms with van der Waals surface area (Å²) in [6, 6.07) is 13.4. The number of unbranched alkanes of at least 4 members (excludes halogenated alkanes) is 2. The zero-order valence-corrected chi connectivity index (χ0v) is 22.1. The Morgan fingerprint density at radius 3 is 2.72 bits per heavy atom. The Morgan fingerprint density at radius 1 is 1.08 bits per heavy atom. The first-order valence-electron chi connectivity index (χ1n) is 13.6. The average Bonchev–Trinajstić information content (AvgIpc) is 3.42. The van der Waals surface area contributed by atoms with Gasteiger partial charge in [-0.05, 0) is 50.0 Å². The van der Waals surface area contributed by atoms with Gasteiger partial charge in [-0.2, -0.15) is 0 Å². The van der Waals surface area contributed by atoms with Crippen molar-refractivity contribution < 1.29 is 33.8 Å². The molecule has 2 aromatic rings. The van der Waals surface area contributed by atoms with Crippen molar-refractivity contribution in [1.82, 2.24) is 15.7 Å². The second-order valence-electron chi connectivity index (χ2n) is 9.87. The van der Waals surface area contributed by atoms with Crippen LogP contribution in [0.5, 0.6) is 5.75 Å². The summed E-state index contributed by atoms with van der Waals surface area (Å²) in [4.78, 5) is 43.1. The highest BCUT2D eigenvalue weighted by molar-refractivity contribution is 5.94. The van der Waals surface area contributed by atoms with E-state index in [2.05, 4.69) is 10.8 Å². The molecule has 10 nitrogen and oxygen atoms in total. The van der Waals surface area contributed by atoms with Gasteiger partial charge in [-0.25, -0.2) is 15.1 Å². The molecule has 2 saturated heterocycles. The lowest BCUT2D eigenvalue weighted by molar-refractivity contribution is -0.200. The number of amides is 3. The van der Waals surface area contributed by atoms with Crippen LogP contribution in [0.2, 0.25) is 0 Å². The molecule has 3 amide bonds. The predicted octanol–water partition coefficient (Wildman–Crippen LogP) is 4.15. The lowest BCUT2D eigenvalue weighted by atomic mass is 10.1. The summed E-state index contributed by atoms with van der Waals surface area (Å²) in [5, 5.41) is 14.2. The van der Waals surface area contributed by atoms with Crippen molar-refractivity contribution in [1.29, 1.82) is 0 Å². The first kappa shape index (κ1) is 28.4. The van der Waals surface area contributed by atoms with Crippen molar-refractivity contribution in [3.8, 4) is 5.75 Å². The zero-order chi connectivity index (χ0) is 27.5. The Bertz CT molecular complexity index is 1160. The highest BCUT2D eigenvalue weighted by Crippen LogP contribution is 2.25. The van der Waals surface area contributed by atoms with E-state index in [0.717, 1.165) is 30.0 Å². The highest BCUT2D eigenvalue weighted by atomic mass is 16.8. The molecule has 2 fully saturated rings. The molecule has 39 heavy (non-hydrogen) atoms. The molecule has 0 aliphatic carbocycles. The maximum atomic E-state index is 13.2. The molecule has 2 aliphatic rings.